The molecule has 10 rings (SSSR count). The molecule has 2 saturated carbocycles. The Kier molecular flexibility index (Phi) is 5.59. The molecule has 1 aliphatic heterocycles. The summed E-state index contributed by atoms with van der Waals surface area (Å²) < 4.78 is 44.3. The fourth-order valence-electron chi connectivity index (χ4n) is 9.56. The van der Waals surface area contributed by atoms with Crippen molar-refractivity contribution in [3.05, 3.63) is 100 Å². The summed E-state index contributed by atoms with van der Waals surface area (Å²) in [5, 5.41) is -0.964. The van der Waals surface area contributed by atoms with Crippen LogP contribution in [-0.4, -0.2) is 37.8 Å². The van der Waals surface area contributed by atoms with Crippen molar-refractivity contribution in [1.82, 2.24) is 0 Å². The highest BCUT2D eigenvalue weighted by Gasteiger charge is 2.72. The van der Waals surface area contributed by atoms with E-state index in [1.807, 2.05) is 30.3 Å². The molecule has 3 fully saturated rings. The molecule has 0 N–H and O–H groups in total. The molecule has 7 unspecified atom stereocenters. The number of esters is 2. The lowest BCUT2D eigenvalue weighted by Crippen LogP contribution is -2.48. The second-order valence-electron chi connectivity index (χ2n) is 13.2. The summed E-state index contributed by atoms with van der Waals surface area (Å²) in [6, 6.07) is 22.4. The number of ether oxygens (including phenoxy) is 2. The van der Waals surface area contributed by atoms with E-state index in [1.165, 1.54) is 16.7 Å². The molecule has 0 spiro atoms. The van der Waals surface area contributed by atoms with E-state index in [2.05, 4.69) is 30.3 Å². The summed E-state index contributed by atoms with van der Waals surface area (Å²) in [4.78, 5) is 27.9. The van der Waals surface area contributed by atoms with Crippen molar-refractivity contribution >= 4 is 22.1 Å². The zero-order valence-corrected chi connectivity index (χ0v) is 24.4. The molecular weight excluding hydrogens is 564 g/mol. The average molecular weight is 597 g/mol. The van der Waals surface area contributed by atoms with Crippen LogP contribution in [0.3, 0.4) is 0 Å². The Hall–Kier alpha value is -3.49. The number of carbonyl (C=O) groups is 2. The number of carbonyl (C=O) groups excluding carboxylic acids is 2. The molecule has 7 nitrogen and oxygen atoms in total. The molecule has 4 bridgehead atoms. The SMILES string of the molecule is O=C(OC1C2CC3C1OS(=O)(=O)C3C2C(=O)Oc1cccc2c1CCCC2)C1CC2c3ccccc3C1c1ccccc12. The van der Waals surface area contributed by atoms with Gasteiger partial charge in [-0.25, -0.2) is 0 Å². The minimum absolute atomic E-state index is 0.0991. The van der Waals surface area contributed by atoms with Gasteiger partial charge in [-0.15, -0.1) is 0 Å². The van der Waals surface area contributed by atoms with Crippen molar-refractivity contribution in [2.45, 2.75) is 67.8 Å². The first-order valence-corrected chi connectivity index (χ1v) is 17.0. The summed E-state index contributed by atoms with van der Waals surface area (Å²) in [7, 11) is -4.01. The van der Waals surface area contributed by atoms with Gasteiger partial charge in [0.2, 0.25) is 0 Å². The lowest BCUT2D eigenvalue weighted by molar-refractivity contribution is -0.166. The molecule has 220 valence electrons. The molecule has 3 aromatic carbocycles. The maximum Gasteiger partial charge on any atom is 0.316 e. The molecule has 43 heavy (non-hydrogen) atoms. The zero-order chi connectivity index (χ0) is 29.0. The smallest absolute Gasteiger partial charge is 0.316 e. The summed E-state index contributed by atoms with van der Waals surface area (Å²) in [6.07, 6.45) is 3.44. The minimum Gasteiger partial charge on any atom is -0.459 e. The predicted molar refractivity (Wildman–Crippen MR) is 156 cm³/mol. The van der Waals surface area contributed by atoms with Crippen LogP contribution in [0, 0.1) is 23.7 Å². The lowest BCUT2D eigenvalue weighted by Gasteiger charge is -2.45. The second kappa shape index (κ2) is 9.26. The van der Waals surface area contributed by atoms with Gasteiger partial charge in [0.15, 0.2) is 0 Å². The van der Waals surface area contributed by atoms with Crippen LogP contribution in [0.2, 0.25) is 0 Å². The second-order valence-corrected chi connectivity index (χ2v) is 14.9. The maximum absolute atomic E-state index is 14.1. The Labute approximate surface area is 250 Å². The Balaban J connectivity index is 1.02. The highest BCUT2D eigenvalue weighted by Crippen LogP contribution is 2.60. The Bertz CT molecular complexity index is 1750. The van der Waals surface area contributed by atoms with E-state index in [0.29, 0.717) is 18.6 Å². The van der Waals surface area contributed by atoms with Crippen LogP contribution in [0.4, 0.5) is 0 Å². The van der Waals surface area contributed by atoms with Crippen molar-refractivity contribution in [3.63, 3.8) is 0 Å². The Morgan fingerprint density at radius 3 is 2.21 bits per heavy atom. The van der Waals surface area contributed by atoms with Gasteiger partial charge in [-0.3, -0.25) is 13.8 Å². The van der Waals surface area contributed by atoms with E-state index in [1.54, 1.807) is 6.07 Å². The molecule has 3 aromatic rings. The zero-order valence-electron chi connectivity index (χ0n) is 23.6. The standard InChI is InChI=1S/C35H32O7S/c36-34(26-16-24-20-11-3-5-13-22(20)29(26)23-14-6-4-12-21(23)24)41-31-25-17-27-32(31)42-43(38,39)33(27)30(25)35(37)40-28-15-7-9-18-8-1-2-10-19(18)28/h3-7,9,11-15,24-27,29-33H,1-2,8,10,16-17H2. The van der Waals surface area contributed by atoms with Gasteiger partial charge < -0.3 is 9.47 Å². The molecule has 0 amide bonds. The topological polar surface area (TPSA) is 96.0 Å². The molecule has 0 aromatic heterocycles. The van der Waals surface area contributed by atoms with Crippen molar-refractivity contribution < 1.29 is 31.7 Å². The molecule has 8 heteroatoms. The maximum atomic E-state index is 14.1. The molecule has 6 aliphatic carbocycles. The molecule has 7 atom stereocenters. The van der Waals surface area contributed by atoms with Crippen LogP contribution < -0.4 is 4.74 Å². The van der Waals surface area contributed by atoms with E-state index in [9.17, 15) is 18.0 Å². The third-order valence-electron chi connectivity index (χ3n) is 11.2. The van der Waals surface area contributed by atoms with Crippen LogP contribution in [-0.2, 0) is 41.5 Å². The van der Waals surface area contributed by atoms with Gasteiger partial charge in [-0.1, -0.05) is 60.7 Å². The van der Waals surface area contributed by atoms with Crippen LogP contribution >= 0.6 is 0 Å². The third-order valence-corrected chi connectivity index (χ3v) is 13.0. The molecule has 0 radical (unpaired) electrons. The van der Waals surface area contributed by atoms with Gasteiger partial charge in [0.1, 0.15) is 23.2 Å². The first-order valence-electron chi connectivity index (χ1n) is 15.5. The number of aryl methyl sites for hydroxylation is 1. The van der Waals surface area contributed by atoms with E-state index >= 15 is 0 Å². The van der Waals surface area contributed by atoms with Gasteiger partial charge in [0.05, 0.1) is 11.8 Å². The first kappa shape index (κ1) is 26.0. The Morgan fingerprint density at radius 1 is 0.767 bits per heavy atom. The van der Waals surface area contributed by atoms with Gasteiger partial charge in [-0.2, -0.15) is 8.42 Å². The monoisotopic (exact) mass is 596 g/mol. The highest BCUT2D eigenvalue weighted by atomic mass is 32.2. The van der Waals surface area contributed by atoms with E-state index < -0.39 is 51.3 Å². The number of hydrogen-bond acceptors (Lipinski definition) is 7. The molecular formula is C35H32O7S. The summed E-state index contributed by atoms with van der Waals surface area (Å²) >= 11 is 0. The average Bonchev–Trinajstić information content (AvgIpc) is 3.64. The quantitative estimate of drug-likeness (QED) is 0.237. The number of benzene rings is 3. The van der Waals surface area contributed by atoms with E-state index in [0.717, 1.165) is 42.4 Å². The minimum atomic E-state index is -4.01. The van der Waals surface area contributed by atoms with Crippen LogP contribution in [0.1, 0.15) is 70.9 Å². The highest BCUT2D eigenvalue weighted by molar-refractivity contribution is 7.87. The normalized spacial score (nSPS) is 35.1. The fraction of sp³-hybridized carbons (Fsp3) is 0.429. The van der Waals surface area contributed by atoms with Crippen LogP contribution in [0.25, 0.3) is 0 Å². The number of rotatable bonds is 4. The molecule has 1 saturated heterocycles. The van der Waals surface area contributed by atoms with Gasteiger partial charge in [0.25, 0.3) is 10.1 Å². The van der Waals surface area contributed by atoms with Crippen LogP contribution in [0.15, 0.2) is 66.7 Å². The van der Waals surface area contributed by atoms with Crippen LogP contribution in [0.5, 0.6) is 5.75 Å². The van der Waals surface area contributed by atoms with Gasteiger partial charge in [-0.05, 0) is 78.0 Å². The van der Waals surface area contributed by atoms with E-state index in [4.69, 9.17) is 13.7 Å². The predicted octanol–water partition coefficient (Wildman–Crippen LogP) is 5.04. The van der Waals surface area contributed by atoms with Crippen molar-refractivity contribution in [1.29, 1.82) is 0 Å². The summed E-state index contributed by atoms with van der Waals surface area (Å²) in [5.74, 6) is -2.61. The van der Waals surface area contributed by atoms with Crippen molar-refractivity contribution in [3.8, 4) is 5.75 Å². The van der Waals surface area contributed by atoms with Gasteiger partial charge in [0, 0.05) is 23.7 Å². The number of fused-ring (bicyclic) bond motifs is 3. The summed E-state index contributed by atoms with van der Waals surface area (Å²) in [5.41, 5.74) is 7.03. The largest absolute Gasteiger partial charge is 0.459 e. The molecule has 1 heterocycles. The van der Waals surface area contributed by atoms with Crippen molar-refractivity contribution in [2.24, 2.45) is 23.7 Å². The van der Waals surface area contributed by atoms with E-state index in [-0.39, 0.29) is 23.7 Å². The lowest BCUT2D eigenvalue weighted by atomic mass is 9.59. The Morgan fingerprint density at radius 2 is 1.47 bits per heavy atom. The van der Waals surface area contributed by atoms with Crippen molar-refractivity contribution in [2.75, 3.05) is 0 Å². The fourth-order valence-corrected chi connectivity index (χ4v) is 11.6. The summed E-state index contributed by atoms with van der Waals surface area (Å²) in [6.45, 7) is 0. The first-order chi connectivity index (χ1) is 20.9. The third kappa shape index (κ3) is 3.65. The van der Waals surface area contributed by atoms with Gasteiger partial charge >= 0.3 is 11.9 Å². The molecule has 7 aliphatic rings. The number of hydrogen-bond donors (Lipinski definition) is 0.